The normalized spacial score (nSPS) is 17.8. The van der Waals surface area contributed by atoms with Gasteiger partial charge in [0.1, 0.15) is 0 Å². The molecule has 2 fully saturated rings. The summed E-state index contributed by atoms with van der Waals surface area (Å²) in [6, 6.07) is 4.31. The van der Waals surface area contributed by atoms with Gasteiger partial charge in [0.25, 0.3) is 5.91 Å². The molecule has 3 aromatic heterocycles. The van der Waals surface area contributed by atoms with E-state index in [1.54, 1.807) is 7.11 Å². The molecule has 0 radical (unpaired) electrons. The molecule has 0 unspecified atom stereocenters. The Labute approximate surface area is 219 Å². The summed E-state index contributed by atoms with van der Waals surface area (Å²) in [5, 5.41) is 0.921. The van der Waals surface area contributed by atoms with Crippen molar-refractivity contribution in [2.75, 3.05) is 57.8 Å². The number of carbonyl (C=O) groups is 1. The van der Waals surface area contributed by atoms with Crippen LogP contribution < -0.4 is 4.90 Å². The van der Waals surface area contributed by atoms with Crippen LogP contribution in [0.1, 0.15) is 61.4 Å². The number of piperazine rings is 1. The molecule has 9 nitrogen and oxygen atoms in total. The van der Waals surface area contributed by atoms with Gasteiger partial charge in [0.15, 0.2) is 0 Å². The van der Waals surface area contributed by atoms with Crippen molar-refractivity contribution in [3.05, 3.63) is 47.7 Å². The summed E-state index contributed by atoms with van der Waals surface area (Å²) < 4.78 is 7.69. The van der Waals surface area contributed by atoms with Crippen LogP contribution in [0.4, 0.5) is 5.95 Å². The Morgan fingerprint density at radius 3 is 2.51 bits per heavy atom. The molecule has 2 aliphatic rings. The summed E-state index contributed by atoms with van der Waals surface area (Å²) in [6.07, 6.45) is 8.65. The van der Waals surface area contributed by atoms with Crippen LogP contribution in [-0.2, 0) is 11.2 Å². The van der Waals surface area contributed by atoms with Crippen LogP contribution in [0.3, 0.4) is 0 Å². The Kier molecular flexibility index (Phi) is 7.71. The van der Waals surface area contributed by atoms with E-state index in [-0.39, 0.29) is 11.9 Å². The second-order valence-corrected chi connectivity index (χ2v) is 10.4. The van der Waals surface area contributed by atoms with E-state index < -0.39 is 0 Å². The number of likely N-dealkylation sites (N-methyl/N-ethyl adjacent to an activating group) is 1. The molecule has 0 saturated carbocycles. The average molecular weight is 506 g/mol. The van der Waals surface area contributed by atoms with Crippen molar-refractivity contribution >= 4 is 22.8 Å². The maximum atomic E-state index is 13.5. The predicted octanol–water partition coefficient (Wildman–Crippen LogP) is 3.39. The van der Waals surface area contributed by atoms with Gasteiger partial charge in [-0.25, -0.2) is 9.97 Å². The fourth-order valence-corrected chi connectivity index (χ4v) is 5.43. The summed E-state index contributed by atoms with van der Waals surface area (Å²) in [5.41, 5.74) is 3.67. The Morgan fingerprint density at radius 2 is 1.84 bits per heavy atom. The molecular formula is C28H39N7O2. The van der Waals surface area contributed by atoms with Gasteiger partial charge in [0.05, 0.1) is 22.9 Å². The van der Waals surface area contributed by atoms with E-state index in [2.05, 4.69) is 46.2 Å². The van der Waals surface area contributed by atoms with Crippen molar-refractivity contribution in [3.8, 4) is 0 Å². The molecule has 2 aliphatic heterocycles. The van der Waals surface area contributed by atoms with Gasteiger partial charge in [0, 0.05) is 88.5 Å². The Bertz CT molecular complexity index is 1220. The Morgan fingerprint density at radius 1 is 1.08 bits per heavy atom. The second kappa shape index (κ2) is 11.1. The van der Waals surface area contributed by atoms with Crippen molar-refractivity contribution in [1.29, 1.82) is 0 Å². The highest BCUT2D eigenvalue weighted by molar-refractivity contribution is 6.07. The molecule has 0 aromatic carbocycles. The first-order chi connectivity index (χ1) is 18.0. The van der Waals surface area contributed by atoms with Crippen molar-refractivity contribution in [3.63, 3.8) is 0 Å². The molecule has 1 amide bonds. The van der Waals surface area contributed by atoms with Crippen molar-refractivity contribution in [2.45, 2.75) is 52.2 Å². The van der Waals surface area contributed by atoms with Crippen LogP contribution in [0.5, 0.6) is 0 Å². The summed E-state index contributed by atoms with van der Waals surface area (Å²) in [4.78, 5) is 34.2. The van der Waals surface area contributed by atoms with Gasteiger partial charge in [-0.3, -0.25) is 9.78 Å². The molecule has 198 valence electrons. The second-order valence-electron chi connectivity index (χ2n) is 10.4. The number of rotatable bonds is 7. The fraction of sp³-hybridized carbons (Fsp3) is 0.571. The first kappa shape index (κ1) is 25.6. The molecule has 5 heterocycles. The van der Waals surface area contributed by atoms with E-state index in [4.69, 9.17) is 14.7 Å². The molecule has 2 saturated heterocycles. The monoisotopic (exact) mass is 505 g/mol. The van der Waals surface area contributed by atoms with Gasteiger partial charge in [-0.05, 0) is 45.4 Å². The van der Waals surface area contributed by atoms with E-state index in [9.17, 15) is 4.79 Å². The van der Waals surface area contributed by atoms with E-state index >= 15 is 0 Å². The van der Waals surface area contributed by atoms with Gasteiger partial charge in [-0.2, -0.15) is 0 Å². The van der Waals surface area contributed by atoms with Crippen LogP contribution in [0.2, 0.25) is 0 Å². The maximum Gasteiger partial charge on any atom is 0.256 e. The number of carbonyl (C=O) groups excluding carboxylic acids is 1. The number of fused-ring (bicyclic) bond motifs is 1. The SMILES string of the molecule is CCN1CCN(C(=O)c2cn(C(C)C)c3cc(Cc4ccnc(N5CCC(OC)CC5)n4)ncc23)CC1. The molecule has 0 spiro atoms. The van der Waals surface area contributed by atoms with Crippen LogP contribution in [-0.4, -0.2) is 94.3 Å². The number of hydrogen-bond acceptors (Lipinski definition) is 7. The zero-order chi connectivity index (χ0) is 25.9. The summed E-state index contributed by atoms with van der Waals surface area (Å²) in [6.45, 7) is 12.7. The smallest absolute Gasteiger partial charge is 0.256 e. The van der Waals surface area contributed by atoms with E-state index in [1.165, 1.54) is 0 Å². The number of aromatic nitrogens is 4. The minimum atomic E-state index is 0.104. The standard InChI is InChI=1S/C28H39N7O2/c1-5-32-12-14-33(15-13-32)27(36)25-19-35(20(2)3)26-17-22(30-18-24(25)26)16-21-6-9-29-28(31-21)34-10-7-23(37-4)8-11-34/h6,9,17-20,23H,5,7-8,10-16H2,1-4H3. The minimum Gasteiger partial charge on any atom is -0.381 e. The van der Waals surface area contributed by atoms with Gasteiger partial charge in [0.2, 0.25) is 5.95 Å². The van der Waals surface area contributed by atoms with Crippen LogP contribution in [0.15, 0.2) is 30.7 Å². The Balaban J connectivity index is 1.36. The number of methoxy groups -OCH3 is 1. The third kappa shape index (κ3) is 5.48. The highest BCUT2D eigenvalue weighted by Gasteiger charge is 2.25. The number of nitrogens with zero attached hydrogens (tertiary/aromatic N) is 7. The van der Waals surface area contributed by atoms with Crippen LogP contribution in [0, 0.1) is 0 Å². The molecular weight excluding hydrogens is 466 g/mol. The lowest BCUT2D eigenvalue weighted by atomic mass is 10.1. The van der Waals surface area contributed by atoms with Crippen molar-refractivity contribution in [2.24, 2.45) is 0 Å². The van der Waals surface area contributed by atoms with Gasteiger partial charge >= 0.3 is 0 Å². The van der Waals surface area contributed by atoms with E-state index in [1.807, 2.05) is 29.6 Å². The lowest BCUT2D eigenvalue weighted by Crippen LogP contribution is -2.48. The molecule has 0 atom stereocenters. The summed E-state index contributed by atoms with van der Waals surface area (Å²) in [5.74, 6) is 0.877. The lowest BCUT2D eigenvalue weighted by molar-refractivity contribution is 0.0645. The molecule has 37 heavy (non-hydrogen) atoms. The molecule has 0 bridgehead atoms. The Hall–Kier alpha value is -3.04. The number of pyridine rings is 1. The molecule has 0 N–H and O–H groups in total. The van der Waals surface area contributed by atoms with Crippen molar-refractivity contribution in [1.82, 2.24) is 29.3 Å². The third-order valence-electron chi connectivity index (χ3n) is 7.79. The number of hydrogen-bond donors (Lipinski definition) is 0. The quantitative estimate of drug-likeness (QED) is 0.487. The zero-order valence-corrected chi connectivity index (χ0v) is 22.6. The number of ether oxygens (including phenoxy) is 1. The first-order valence-electron chi connectivity index (χ1n) is 13.6. The minimum absolute atomic E-state index is 0.104. The molecule has 3 aromatic rings. The van der Waals surface area contributed by atoms with Crippen molar-refractivity contribution < 1.29 is 9.53 Å². The first-order valence-corrected chi connectivity index (χ1v) is 13.6. The third-order valence-corrected chi connectivity index (χ3v) is 7.79. The number of piperidine rings is 1. The molecule has 9 heteroatoms. The lowest BCUT2D eigenvalue weighted by Gasteiger charge is -2.34. The van der Waals surface area contributed by atoms with Gasteiger partial charge in [-0.15, -0.1) is 0 Å². The topological polar surface area (TPSA) is 79.6 Å². The predicted molar refractivity (Wildman–Crippen MR) is 145 cm³/mol. The largest absolute Gasteiger partial charge is 0.381 e. The number of amides is 1. The molecule has 5 rings (SSSR count). The number of anilines is 1. The summed E-state index contributed by atoms with van der Waals surface area (Å²) in [7, 11) is 1.78. The van der Waals surface area contributed by atoms with E-state index in [0.29, 0.717) is 12.5 Å². The highest BCUT2D eigenvalue weighted by Crippen LogP contribution is 2.27. The highest BCUT2D eigenvalue weighted by atomic mass is 16.5. The summed E-state index contributed by atoms with van der Waals surface area (Å²) >= 11 is 0. The van der Waals surface area contributed by atoms with Crippen LogP contribution in [0.25, 0.3) is 10.9 Å². The fourth-order valence-electron chi connectivity index (χ4n) is 5.43. The van der Waals surface area contributed by atoms with Gasteiger partial charge < -0.3 is 24.0 Å². The molecule has 0 aliphatic carbocycles. The zero-order valence-electron chi connectivity index (χ0n) is 22.6. The van der Waals surface area contributed by atoms with Crippen LogP contribution >= 0.6 is 0 Å². The average Bonchev–Trinajstić information content (AvgIpc) is 3.32. The van der Waals surface area contributed by atoms with Gasteiger partial charge in [-0.1, -0.05) is 6.92 Å². The maximum absolute atomic E-state index is 13.5. The van der Waals surface area contributed by atoms with E-state index in [0.717, 1.165) is 92.5 Å².